The van der Waals surface area contributed by atoms with Crippen molar-refractivity contribution >= 4 is 11.9 Å². The fourth-order valence-corrected chi connectivity index (χ4v) is 2.96. The third-order valence-corrected chi connectivity index (χ3v) is 3.99. The topological polar surface area (TPSA) is 84.2 Å². The molecule has 104 valence electrons. The van der Waals surface area contributed by atoms with Crippen molar-refractivity contribution in [3.63, 3.8) is 0 Å². The van der Waals surface area contributed by atoms with Gasteiger partial charge in [-0.25, -0.2) is 4.79 Å². The Balaban J connectivity index is 1.91. The monoisotopic (exact) mass is 264 g/mol. The second kappa shape index (κ2) is 3.65. The molecule has 19 heavy (non-hydrogen) atoms. The van der Waals surface area contributed by atoms with Crippen LogP contribution in [0.3, 0.4) is 0 Å². The Morgan fingerprint density at radius 1 is 1.47 bits per heavy atom. The fourth-order valence-electron chi connectivity index (χ4n) is 2.96. The fraction of sp³-hybridized carbons (Fsp3) is 0.692. The third-order valence-electron chi connectivity index (χ3n) is 3.99. The summed E-state index contributed by atoms with van der Waals surface area (Å²) in [5.74, 6) is 0.493. The Morgan fingerprint density at radius 3 is 2.68 bits per heavy atom. The first-order valence-electron chi connectivity index (χ1n) is 6.67. The quantitative estimate of drug-likeness (QED) is 0.751. The molecule has 0 atom stereocenters. The Morgan fingerprint density at radius 2 is 2.16 bits per heavy atom. The van der Waals surface area contributed by atoms with Gasteiger partial charge in [0.05, 0.1) is 17.8 Å². The van der Waals surface area contributed by atoms with E-state index in [2.05, 4.69) is 10.2 Å². The molecule has 6 heteroatoms. The van der Waals surface area contributed by atoms with E-state index in [1.807, 2.05) is 20.8 Å². The van der Waals surface area contributed by atoms with Crippen molar-refractivity contribution in [3.8, 4) is 0 Å². The Kier molecular flexibility index (Phi) is 2.37. The first-order chi connectivity index (χ1) is 8.83. The number of nitrogens with two attached hydrogens (primary N) is 1. The predicted molar refractivity (Wildman–Crippen MR) is 70.3 cm³/mol. The van der Waals surface area contributed by atoms with Crippen LogP contribution in [-0.4, -0.2) is 26.8 Å². The number of aromatic nitrogens is 2. The van der Waals surface area contributed by atoms with Gasteiger partial charge in [-0.3, -0.25) is 10.00 Å². The molecule has 1 aromatic rings. The normalized spacial score (nSPS) is 20.3. The molecule has 1 aliphatic carbocycles. The Bertz CT molecular complexity index is 525. The van der Waals surface area contributed by atoms with Crippen LogP contribution in [0.2, 0.25) is 0 Å². The van der Waals surface area contributed by atoms with E-state index in [0.29, 0.717) is 12.4 Å². The van der Waals surface area contributed by atoms with E-state index in [1.165, 1.54) is 0 Å². The van der Waals surface area contributed by atoms with Crippen LogP contribution in [0.1, 0.15) is 51.3 Å². The van der Waals surface area contributed by atoms with Crippen LogP contribution < -0.4 is 5.73 Å². The molecule has 3 N–H and O–H groups in total. The van der Waals surface area contributed by atoms with E-state index < -0.39 is 5.60 Å². The Hall–Kier alpha value is -1.72. The number of nitrogens with one attached hydrogen (secondary N) is 1. The van der Waals surface area contributed by atoms with Gasteiger partial charge in [-0.2, -0.15) is 5.10 Å². The number of hydrogen-bond acceptors (Lipinski definition) is 4. The summed E-state index contributed by atoms with van der Waals surface area (Å²) in [5.41, 5.74) is 7.07. The highest BCUT2D eigenvalue weighted by Gasteiger charge is 2.54. The molecule has 2 aliphatic rings. The zero-order valence-electron chi connectivity index (χ0n) is 11.6. The molecule has 0 saturated heterocycles. The van der Waals surface area contributed by atoms with Gasteiger partial charge in [0.25, 0.3) is 0 Å². The van der Waals surface area contributed by atoms with Gasteiger partial charge in [0.2, 0.25) is 0 Å². The van der Waals surface area contributed by atoms with Crippen molar-refractivity contribution in [2.75, 3.05) is 5.73 Å². The largest absolute Gasteiger partial charge is 0.444 e. The number of fused-ring (bicyclic) bond motifs is 2. The number of carbonyl (C=O) groups excluding carboxylic acids is 1. The SMILES string of the molecule is CC(C)(C)OC(=O)N1Cc2c(N)n[nH]c2C12CCC2. The Labute approximate surface area is 112 Å². The lowest BCUT2D eigenvalue weighted by molar-refractivity contribution is -0.0250. The highest BCUT2D eigenvalue weighted by molar-refractivity contribution is 5.72. The maximum Gasteiger partial charge on any atom is 0.411 e. The maximum atomic E-state index is 12.4. The third kappa shape index (κ3) is 1.69. The molecule has 1 aromatic heterocycles. The number of aromatic amines is 1. The molecular formula is C13H20N4O2. The second-order valence-electron chi connectivity index (χ2n) is 6.41. The van der Waals surface area contributed by atoms with Gasteiger partial charge in [-0.05, 0) is 40.0 Å². The summed E-state index contributed by atoms with van der Waals surface area (Å²) in [6, 6.07) is 0. The van der Waals surface area contributed by atoms with Crippen LogP contribution in [0, 0.1) is 0 Å². The molecule has 1 fully saturated rings. The van der Waals surface area contributed by atoms with Gasteiger partial charge < -0.3 is 10.5 Å². The molecule has 0 unspecified atom stereocenters. The van der Waals surface area contributed by atoms with Gasteiger partial charge in [0.15, 0.2) is 5.82 Å². The molecule has 3 rings (SSSR count). The van der Waals surface area contributed by atoms with Gasteiger partial charge in [0, 0.05) is 5.56 Å². The summed E-state index contributed by atoms with van der Waals surface area (Å²) < 4.78 is 5.51. The number of H-pyrrole nitrogens is 1. The molecule has 1 saturated carbocycles. The van der Waals surface area contributed by atoms with Gasteiger partial charge in [-0.1, -0.05) is 0 Å². The highest BCUT2D eigenvalue weighted by Crippen LogP contribution is 2.53. The minimum atomic E-state index is -0.484. The first-order valence-corrected chi connectivity index (χ1v) is 6.67. The number of nitrogen functional groups attached to an aromatic ring is 1. The smallest absolute Gasteiger partial charge is 0.411 e. The van der Waals surface area contributed by atoms with E-state index >= 15 is 0 Å². The van der Waals surface area contributed by atoms with Crippen molar-refractivity contribution in [1.29, 1.82) is 0 Å². The van der Waals surface area contributed by atoms with Crippen LogP contribution in [0.4, 0.5) is 10.6 Å². The number of hydrogen-bond donors (Lipinski definition) is 2. The van der Waals surface area contributed by atoms with Crippen LogP contribution in [-0.2, 0) is 16.8 Å². The lowest BCUT2D eigenvalue weighted by atomic mass is 9.74. The van der Waals surface area contributed by atoms with Crippen molar-refractivity contribution < 1.29 is 9.53 Å². The van der Waals surface area contributed by atoms with E-state index in [9.17, 15) is 4.79 Å². The van der Waals surface area contributed by atoms with Crippen molar-refractivity contribution in [2.45, 2.75) is 57.7 Å². The van der Waals surface area contributed by atoms with E-state index in [-0.39, 0.29) is 11.6 Å². The second-order valence-corrected chi connectivity index (χ2v) is 6.41. The van der Waals surface area contributed by atoms with Gasteiger partial charge in [-0.15, -0.1) is 0 Å². The van der Waals surface area contributed by atoms with Crippen molar-refractivity contribution in [1.82, 2.24) is 15.1 Å². The summed E-state index contributed by atoms with van der Waals surface area (Å²) in [6.45, 7) is 6.13. The van der Waals surface area contributed by atoms with Gasteiger partial charge in [0.1, 0.15) is 5.60 Å². The van der Waals surface area contributed by atoms with Crippen LogP contribution in [0.15, 0.2) is 0 Å². The van der Waals surface area contributed by atoms with Crippen LogP contribution >= 0.6 is 0 Å². The predicted octanol–water partition coefficient (Wildman–Crippen LogP) is 2.12. The van der Waals surface area contributed by atoms with Crippen molar-refractivity contribution in [2.24, 2.45) is 0 Å². The maximum absolute atomic E-state index is 12.4. The highest BCUT2D eigenvalue weighted by atomic mass is 16.6. The minimum absolute atomic E-state index is 0.262. The average molecular weight is 264 g/mol. The average Bonchev–Trinajstić information content (AvgIpc) is 2.72. The minimum Gasteiger partial charge on any atom is -0.444 e. The van der Waals surface area contributed by atoms with Crippen molar-refractivity contribution in [3.05, 3.63) is 11.3 Å². The number of ether oxygens (including phenoxy) is 1. The lowest BCUT2D eigenvalue weighted by Crippen LogP contribution is -2.51. The molecular weight excluding hydrogens is 244 g/mol. The number of rotatable bonds is 0. The molecule has 0 aromatic carbocycles. The van der Waals surface area contributed by atoms with E-state index in [4.69, 9.17) is 10.5 Å². The summed E-state index contributed by atoms with van der Waals surface area (Å²) in [5, 5.41) is 7.06. The number of anilines is 1. The molecule has 0 bridgehead atoms. The van der Waals surface area contributed by atoms with Crippen LogP contribution in [0.25, 0.3) is 0 Å². The number of carbonyl (C=O) groups is 1. The standard InChI is InChI=1S/C13H20N4O2/c1-12(2,3)19-11(18)17-7-8-9(15-16-10(8)14)13(17)5-4-6-13/h4-7H2,1-3H3,(H3,14,15,16). The molecule has 1 amide bonds. The van der Waals surface area contributed by atoms with E-state index in [0.717, 1.165) is 30.5 Å². The number of amides is 1. The molecule has 2 heterocycles. The van der Waals surface area contributed by atoms with E-state index in [1.54, 1.807) is 4.90 Å². The molecule has 6 nitrogen and oxygen atoms in total. The zero-order valence-corrected chi connectivity index (χ0v) is 11.6. The zero-order chi connectivity index (χ0) is 13.8. The summed E-state index contributed by atoms with van der Waals surface area (Å²) in [6.07, 6.45) is 2.73. The summed E-state index contributed by atoms with van der Waals surface area (Å²) in [7, 11) is 0. The molecule has 1 spiro atoms. The van der Waals surface area contributed by atoms with Gasteiger partial charge >= 0.3 is 6.09 Å². The first kappa shape index (κ1) is 12.3. The lowest BCUT2D eigenvalue weighted by Gasteiger charge is -2.45. The van der Waals surface area contributed by atoms with Crippen LogP contribution in [0.5, 0.6) is 0 Å². The molecule has 1 aliphatic heterocycles. The summed E-state index contributed by atoms with van der Waals surface area (Å²) >= 11 is 0. The summed E-state index contributed by atoms with van der Waals surface area (Å²) in [4.78, 5) is 14.2. The molecule has 0 radical (unpaired) electrons. The number of nitrogens with zero attached hydrogens (tertiary/aromatic N) is 2.